The van der Waals surface area contributed by atoms with Gasteiger partial charge in [-0.2, -0.15) is 5.10 Å². The summed E-state index contributed by atoms with van der Waals surface area (Å²) in [5, 5.41) is 7.39. The van der Waals surface area contributed by atoms with E-state index in [0.29, 0.717) is 6.04 Å². The lowest BCUT2D eigenvalue weighted by atomic mass is 9.87. The van der Waals surface area contributed by atoms with Gasteiger partial charge in [0, 0.05) is 24.8 Å². The monoisotopic (exact) mass is 402 g/mol. The van der Waals surface area contributed by atoms with Crippen LogP contribution in [0.2, 0.25) is 0 Å². The van der Waals surface area contributed by atoms with Gasteiger partial charge in [-0.25, -0.2) is 5.01 Å². The van der Waals surface area contributed by atoms with E-state index in [1.165, 1.54) is 35.4 Å². The zero-order chi connectivity index (χ0) is 16.1. The Bertz CT molecular complexity index is 809. The number of para-hydroxylation sites is 1. The third-order valence-corrected chi connectivity index (χ3v) is 7.07. The van der Waals surface area contributed by atoms with Crippen LogP contribution in [0.15, 0.2) is 45.3 Å². The van der Waals surface area contributed by atoms with Crippen LogP contribution in [0.3, 0.4) is 0 Å². The predicted octanol–water partition coefficient (Wildman–Crippen LogP) is 5.71. The molecule has 0 amide bonds. The van der Waals surface area contributed by atoms with Crippen LogP contribution in [-0.4, -0.2) is 16.4 Å². The van der Waals surface area contributed by atoms with Crippen molar-refractivity contribution in [3.05, 3.63) is 50.6 Å². The van der Waals surface area contributed by atoms with Crippen molar-refractivity contribution in [3.8, 4) is 5.75 Å². The number of thiophene rings is 1. The second-order valence-electron chi connectivity index (χ2n) is 6.86. The summed E-state index contributed by atoms with van der Waals surface area (Å²) in [4.78, 5) is 1.26. The van der Waals surface area contributed by atoms with Crippen molar-refractivity contribution in [1.29, 1.82) is 0 Å². The van der Waals surface area contributed by atoms with Crippen LogP contribution < -0.4 is 4.74 Å². The minimum atomic E-state index is -0.243. The van der Waals surface area contributed by atoms with Gasteiger partial charge in [0.2, 0.25) is 0 Å². The second kappa shape index (κ2) is 5.60. The van der Waals surface area contributed by atoms with Crippen molar-refractivity contribution in [2.24, 2.45) is 5.10 Å². The van der Waals surface area contributed by atoms with E-state index >= 15 is 0 Å². The minimum Gasteiger partial charge on any atom is -0.466 e. The van der Waals surface area contributed by atoms with Gasteiger partial charge in [-0.1, -0.05) is 24.6 Å². The topological polar surface area (TPSA) is 24.8 Å². The summed E-state index contributed by atoms with van der Waals surface area (Å²) >= 11 is 5.34. The second-order valence-corrected chi connectivity index (χ2v) is 9.32. The molecule has 3 aliphatic rings. The van der Waals surface area contributed by atoms with E-state index in [4.69, 9.17) is 9.84 Å². The van der Waals surface area contributed by atoms with Crippen LogP contribution in [0, 0.1) is 0 Å². The summed E-state index contributed by atoms with van der Waals surface area (Å²) in [6.07, 6.45) is 6.86. The van der Waals surface area contributed by atoms with Gasteiger partial charge in [-0.15, -0.1) is 11.3 Å². The number of halogens is 1. The summed E-state index contributed by atoms with van der Waals surface area (Å²) in [6, 6.07) is 13.1. The molecular weight excluding hydrogens is 384 g/mol. The van der Waals surface area contributed by atoms with Crippen LogP contribution in [-0.2, 0) is 0 Å². The molecule has 1 fully saturated rings. The molecule has 24 heavy (non-hydrogen) atoms. The van der Waals surface area contributed by atoms with Crippen molar-refractivity contribution in [2.45, 2.75) is 50.3 Å². The molecule has 5 heteroatoms. The molecule has 1 aromatic carbocycles. The summed E-state index contributed by atoms with van der Waals surface area (Å²) in [7, 11) is 0. The first-order valence-corrected chi connectivity index (χ1v) is 10.3. The van der Waals surface area contributed by atoms with Crippen LogP contribution in [0.1, 0.15) is 55.0 Å². The molecule has 0 radical (unpaired) electrons. The van der Waals surface area contributed by atoms with Crippen molar-refractivity contribution in [1.82, 2.24) is 5.01 Å². The molecular formula is C19H19BrN2OS. The molecule has 0 bridgehead atoms. The van der Waals surface area contributed by atoms with E-state index in [9.17, 15) is 0 Å². The molecule has 0 saturated heterocycles. The lowest BCUT2D eigenvalue weighted by Gasteiger charge is -2.49. The highest BCUT2D eigenvalue weighted by molar-refractivity contribution is 9.11. The molecule has 1 aliphatic carbocycles. The summed E-state index contributed by atoms with van der Waals surface area (Å²) in [5.74, 6) is 1.06. The number of ether oxygens (including phenoxy) is 1. The first kappa shape index (κ1) is 15.0. The van der Waals surface area contributed by atoms with E-state index in [-0.39, 0.29) is 5.72 Å². The molecule has 1 aromatic heterocycles. The Kier molecular flexibility index (Phi) is 3.49. The lowest BCUT2D eigenvalue weighted by Crippen LogP contribution is -2.54. The Morgan fingerprint density at radius 1 is 1.12 bits per heavy atom. The summed E-state index contributed by atoms with van der Waals surface area (Å²) in [5.41, 5.74) is 2.23. The van der Waals surface area contributed by atoms with E-state index in [0.717, 1.165) is 28.8 Å². The number of rotatable bonds is 1. The van der Waals surface area contributed by atoms with E-state index < -0.39 is 0 Å². The zero-order valence-electron chi connectivity index (χ0n) is 13.4. The highest BCUT2D eigenvalue weighted by Gasteiger charge is 2.50. The number of fused-ring (bicyclic) bond motifs is 4. The Balaban J connectivity index is 1.60. The highest BCUT2D eigenvalue weighted by atomic mass is 79.9. The smallest absolute Gasteiger partial charge is 0.198 e. The standard InChI is InChI=1S/C19H19BrN2OS/c20-18-9-8-17(24-18)14-12-15-13-6-2-3-7-16(13)23-19(22(15)21-14)10-4-1-5-11-19/h2-3,6-9,15H,1,4-5,10-12H2. The van der Waals surface area contributed by atoms with Crippen molar-refractivity contribution < 1.29 is 4.74 Å². The first-order valence-electron chi connectivity index (χ1n) is 8.66. The SMILES string of the molecule is Brc1ccc(C2=NN3C(C2)c2ccccc2OC32CCCCC2)s1. The van der Waals surface area contributed by atoms with Gasteiger partial charge < -0.3 is 4.74 Å². The van der Waals surface area contributed by atoms with Crippen molar-refractivity contribution >= 4 is 33.0 Å². The Morgan fingerprint density at radius 2 is 1.96 bits per heavy atom. The van der Waals surface area contributed by atoms with E-state index in [2.05, 4.69) is 57.3 Å². The maximum Gasteiger partial charge on any atom is 0.198 e. The molecule has 5 rings (SSSR count). The van der Waals surface area contributed by atoms with Gasteiger partial charge in [-0.05, 0) is 47.0 Å². The van der Waals surface area contributed by atoms with Crippen LogP contribution in [0.25, 0.3) is 0 Å². The normalized spacial score (nSPS) is 24.3. The Morgan fingerprint density at radius 3 is 2.75 bits per heavy atom. The third kappa shape index (κ3) is 2.25. The Labute approximate surface area is 154 Å². The molecule has 1 saturated carbocycles. The van der Waals surface area contributed by atoms with Crippen molar-refractivity contribution in [2.75, 3.05) is 0 Å². The van der Waals surface area contributed by atoms with Crippen LogP contribution >= 0.6 is 27.3 Å². The number of benzene rings is 1. The minimum absolute atomic E-state index is 0.243. The largest absolute Gasteiger partial charge is 0.466 e. The maximum absolute atomic E-state index is 6.58. The molecule has 1 unspecified atom stereocenters. The number of hydrogen-bond acceptors (Lipinski definition) is 4. The van der Waals surface area contributed by atoms with Crippen LogP contribution in [0.5, 0.6) is 5.75 Å². The van der Waals surface area contributed by atoms with Gasteiger partial charge in [0.25, 0.3) is 0 Å². The zero-order valence-corrected chi connectivity index (χ0v) is 15.8. The van der Waals surface area contributed by atoms with Gasteiger partial charge in [0.15, 0.2) is 5.72 Å². The van der Waals surface area contributed by atoms with E-state index in [1.54, 1.807) is 11.3 Å². The van der Waals surface area contributed by atoms with Gasteiger partial charge in [0.1, 0.15) is 5.75 Å². The fraction of sp³-hybridized carbons (Fsp3) is 0.421. The average Bonchev–Trinajstić information content (AvgIpc) is 3.23. The number of hydrogen-bond donors (Lipinski definition) is 0. The molecule has 0 N–H and O–H groups in total. The summed E-state index contributed by atoms with van der Waals surface area (Å²) in [6.45, 7) is 0. The van der Waals surface area contributed by atoms with Gasteiger partial charge >= 0.3 is 0 Å². The highest BCUT2D eigenvalue weighted by Crippen LogP contribution is 2.51. The average molecular weight is 403 g/mol. The summed E-state index contributed by atoms with van der Waals surface area (Å²) < 4.78 is 7.74. The van der Waals surface area contributed by atoms with Gasteiger partial charge in [-0.3, -0.25) is 0 Å². The quantitative estimate of drug-likeness (QED) is 0.609. The molecule has 2 aliphatic heterocycles. The molecule has 1 atom stereocenters. The van der Waals surface area contributed by atoms with Gasteiger partial charge in [0.05, 0.1) is 20.4 Å². The van der Waals surface area contributed by atoms with Crippen molar-refractivity contribution in [3.63, 3.8) is 0 Å². The first-order chi connectivity index (χ1) is 11.8. The molecule has 124 valence electrons. The van der Waals surface area contributed by atoms with Crippen LogP contribution in [0.4, 0.5) is 0 Å². The number of nitrogens with zero attached hydrogens (tertiary/aromatic N) is 2. The fourth-order valence-electron chi connectivity index (χ4n) is 4.28. The molecule has 3 heterocycles. The maximum atomic E-state index is 6.58. The van der Waals surface area contributed by atoms with E-state index in [1.807, 2.05) is 0 Å². The Hall–Kier alpha value is -1.33. The number of hydrazone groups is 1. The predicted molar refractivity (Wildman–Crippen MR) is 101 cm³/mol. The fourth-order valence-corrected chi connectivity index (χ4v) is 5.66. The molecule has 2 aromatic rings. The lowest BCUT2D eigenvalue weighted by molar-refractivity contribution is -0.140. The molecule has 3 nitrogen and oxygen atoms in total. The molecule has 1 spiro atoms. The third-order valence-electron chi connectivity index (χ3n) is 5.40.